The number of amides is 1. The zero-order valence-corrected chi connectivity index (χ0v) is 17.3. The van der Waals surface area contributed by atoms with Crippen molar-refractivity contribution in [1.82, 2.24) is 4.90 Å². The number of para-hydroxylation sites is 1. The fraction of sp³-hybridized carbons (Fsp3) is 0.435. The highest BCUT2D eigenvalue weighted by Gasteiger charge is 2.23. The van der Waals surface area contributed by atoms with Crippen molar-refractivity contribution < 1.29 is 14.3 Å². The molecule has 0 aromatic heterocycles. The highest BCUT2D eigenvalue weighted by molar-refractivity contribution is 5.78. The zero-order chi connectivity index (χ0) is 20.1. The predicted molar refractivity (Wildman–Crippen MR) is 112 cm³/mol. The van der Waals surface area contributed by atoms with Crippen LogP contribution in [0, 0.1) is 0 Å². The molecule has 1 aliphatic heterocycles. The Morgan fingerprint density at radius 3 is 2.21 bits per heavy atom. The second kappa shape index (κ2) is 8.55. The fourth-order valence-electron chi connectivity index (χ4n) is 3.45. The molecule has 2 aromatic carbocycles. The minimum atomic E-state index is -0.0242. The maximum Gasteiger partial charge on any atom is 0.260 e. The lowest BCUT2D eigenvalue weighted by atomic mass is 9.86. The zero-order valence-electron chi connectivity index (χ0n) is 17.3. The summed E-state index contributed by atoms with van der Waals surface area (Å²) in [5.74, 6) is 1.68. The van der Waals surface area contributed by atoms with Gasteiger partial charge in [0, 0.05) is 31.9 Å². The molecule has 0 spiro atoms. The molecule has 0 bridgehead atoms. The summed E-state index contributed by atoms with van der Waals surface area (Å²) in [5.41, 5.74) is 2.25. The average molecular weight is 383 g/mol. The van der Waals surface area contributed by atoms with Crippen LogP contribution in [0.15, 0.2) is 48.5 Å². The number of anilines is 1. The molecule has 0 aliphatic carbocycles. The van der Waals surface area contributed by atoms with E-state index in [2.05, 4.69) is 43.9 Å². The van der Waals surface area contributed by atoms with Gasteiger partial charge in [0.1, 0.15) is 11.5 Å². The van der Waals surface area contributed by atoms with Gasteiger partial charge in [-0.15, -0.1) is 0 Å². The normalized spacial score (nSPS) is 14.7. The second-order valence-electron chi connectivity index (χ2n) is 8.10. The lowest BCUT2D eigenvalue weighted by Gasteiger charge is -2.36. The van der Waals surface area contributed by atoms with Gasteiger partial charge < -0.3 is 19.3 Å². The molecule has 2 aromatic rings. The first-order chi connectivity index (χ1) is 13.4. The number of rotatable bonds is 5. The summed E-state index contributed by atoms with van der Waals surface area (Å²) in [4.78, 5) is 16.8. The topological polar surface area (TPSA) is 42.0 Å². The van der Waals surface area contributed by atoms with Crippen molar-refractivity contribution in [3.8, 4) is 11.5 Å². The van der Waals surface area contributed by atoms with Crippen LogP contribution in [-0.4, -0.2) is 50.7 Å². The van der Waals surface area contributed by atoms with E-state index in [4.69, 9.17) is 9.47 Å². The molecule has 0 unspecified atom stereocenters. The van der Waals surface area contributed by atoms with Gasteiger partial charge in [-0.1, -0.05) is 39.0 Å². The smallest absolute Gasteiger partial charge is 0.260 e. The molecule has 5 nitrogen and oxygen atoms in total. The summed E-state index contributed by atoms with van der Waals surface area (Å²) in [6.07, 6.45) is 0. The van der Waals surface area contributed by atoms with Gasteiger partial charge in [0.2, 0.25) is 0 Å². The number of methoxy groups -OCH3 is 1. The largest absolute Gasteiger partial charge is 0.497 e. The van der Waals surface area contributed by atoms with Crippen LogP contribution in [-0.2, 0) is 10.2 Å². The summed E-state index contributed by atoms with van der Waals surface area (Å²) in [6, 6.07) is 16.0. The third kappa shape index (κ3) is 4.77. The van der Waals surface area contributed by atoms with Crippen molar-refractivity contribution in [2.45, 2.75) is 26.2 Å². The van der Waals surface area contributed by atoms with Crippen LogP contribution in [0.25, 0.3) is 0 Å². The number of carbonyl (C=O) groups excluding carboxylic acids is 1. The molecule has 1 fully saturated rings. The first-order valence-corrected chi connectivity index (χ1v) is 9.77. The number of piperazine rings is 1. The molecular weight excluding hydrogens is 352 g/mol. The Morgan fingerprint density at radius 2 is 1.61 bits per heavy atom. The van der Waals surface area contributed by atoms with Crippen molar-refractivity contribution >= 4 is 11.6 Å². The third-order valence-electron chi connectivity index (χ3n) is 5.12. The molecule has 1 amide bonds. The lowest BCUT2D eigenvalue weighted by molar-refractivity contribution is -0.133. The van der Waals surface area contributed by atoms with Crippen LogP contribution in [0.5, 0.6) is 11.5 Å². The molecule has 0 atom stereocenters. The van der Waals surface area contributed by atoms with Gasteiger partial charge in [-0.3, -0.25) is 4.79 Å². The van der Waals surface area contributed by atoms with Gasteiger partial charge in [0.15, 0.2) is 6.61 Å². The van der Waals surface area contributed by atoms with E-state index in [1.54, 1.807) is 7.11 Å². The van der Waals surface area contributed by atoms with E-state index in [1.165, 1.54) is 0 Å². The first kappa shape index (κ1) is 20.1. The van der Waals surface area contributed by atoms with Gasteiger partial charge in [-0.05, 0) is 41.3 Å². The summed E-state index contributed by atoms with van der Waals surface area (Å²) in [5, 5.41) is 0. The molecule has 1 heterocycles. The van der Waals surface area contributed by atoms with Crippen LogP contribution < -0.4 is 14.4 Å². The quantitative estimate of drug-likeness (QED) is 0.790. The molecule has 3 rings (SSSR count). The SMILES string of the molecule is COc1ccc(N2CCN(C(=O)COc3ccccc3C(C)(C)C)CC2)cc1. The molecule has 28 heavy (non-hydrogen) atoms. The van der Waals surface area contributed by atoms with Gasteiger partial charge in [0.25, 0.3) is 5.91 Å². The Bertz CT molecular complexity index is 788. The van der Waals surface area contributed by atoms with Gasteiger partial charge in [-0.2, -0.15) is 0 Å². The van der Waals surface area contributed by atoms with E-state index in [9.17, 15) is 4.79 Å². The monoisotopic (exact) mass is 382 g/mol. The molecule has 1 saturated heterocycles. The van der Waals surface area contributed by atoms with Crippen LogP contribution in [0.2, 0.25) is 0 Å². The van der Waals surface area contributed by atoms with Gasteiger partial charge in [-0.25, -0.2) is 0 Å². The van der Waals surface area contributed by atoms with E-state index in [0.29, 0.717) is 13.1 Å². The molecule has 150 valence electrons. The molecule has 0 radical (unpaired) electrons. The van der Waals surface area contributed by atoms with E-state index in [1.807, 2.05) is 35.2 Å². The van der Waals surface area contributed by atoms with E-state index >= 15 is 0 Å². The summed E-state index contributed by atoms with van der Waals surface area (Å²) in [7, 11) is 1.67. The Kier molecular flexibility index (Phi) is 6.12. The molecular formula is C23H30N2O3. The summed E-state index contributed by atoms with van der Waals surface area (Å²) < 4.78 is 11.1. The van der Waals surface area contributed by atoms with Crippen LogP contribution in [0.3, 0.4) is 0 Å². The van der Waals surface area contributed by atoms with Crippen LogP contribution in [0.4, 0.5) is 5.69 Å². The van der Waals surface area contributed by atoms with Crippen molar-refractivity contribution in [3.63, 3.8) is 0 Å². The van der Waals surface area contributed by atoms with Crippen molar-refractivity contribution in [1.29, 1.82) is 0 Å². The highest BCUT2D eigenvalue weighted by Crippen LogP contribution is 2.31. The number of carbonyl (C=O) groups is 1. The minimum absolute atomic E-state index is 0.0242. The number of benzene rings is 2. The summed E-state index contributed by atoms with van der Waals surface area (Å²) >= 11 is 0. The van der Waals surface area contributed by atoms with Crippen molar-refractivity contribution in [2.75, 3.05) is 44.8 Å². The molecule has 0 N–H and O–H groups in total. The Morgan fingerprint density at radius 1 is 0.964 bits per heavy atom. The van der Waals surface area contributed by atoms with Crippen LogP contribution in [0.1, 0.15) is 26.3 Å². The average Bonchev–Trinajstić information content (AvgIpc) is 2.72. The van der Waals surface area contributed by atoms with Gasteiger partial charge >= 0.3 is 0 Å². The van der Waals surface area contributed by atoms with E-state index in [0.717, 1.165) is 35.8 Å². The maximum absolute atomic E-state index is 12.6. The Balaban J connectivity index is 1.53. The molecule has 0 saturated carbocycles. The number of nitrogens with zero attached hydrogens (tertiary/aromatic N) is 2. The predicted octanol–water partition coefficient (Wildman–Crippen LogP) is 3.72. The van der Waals surface area contributed by atoms with E-state index in [-0.39, 0.29) is 17.9 Å². The standard InChI is InChI=1S/C23H30N2O3/c1-23(2,3)20-7-5-6-8-21(20)28-17-22(26)25-15-13-24(14-16-25)18-9-11-19(27-4)12-10-18/h5-12H,13-17H2,1-4H3. The lowest BCUT2D eigenvalue weighted by Crippen LogP contribution is -2.50. The summed E-state index contributed by atoms with van der Waals surface area (Å²) in [6.45, 7) is 9.56. The fourth-order valence-corrected chi connectivity index (χ4v) is 3.45. The van der Waals surface area contributed by atoms with Crippen molar-refractivity contribution in [2.24, 2.45) is 0 Å². The number of ether oxygens (including phenoxy) is 2. The Labute approximate surface area is 167 Å². The first-order valence-electron chi connectivity index (χ1n) is 9.77. The molecule has 1 aliphatic rings. The Hall–Kier alpha value is -2.69. The second-order valence-corrected chi connectivity index (χ2v) is 8.10. The maximum atomic E-state index is 12.6. The third-order valence-corrected chi connectivity index (χ3v) is 5.12. The molecule has 5 heteroatoms. The van der Waals surface area contributed by atoms with Crippen LogP contribution >= 0.6 is 0 Å². The van der Waals surface area contributed by atoms with Crippen molar-refractivity contribution in [3.05, 3.63) is 54.1 Å². The highest BCUT2D eigenvalue weighted by atomic mass is 16.5. The van der Waals surface area contributed by atoms with Gasteiger partial charge in [0.05, 0.1) is 7.11 Å². The number of hydrogen-bond acceptors (Lipinski definition) is 4. The minimum Gasteiger partial charge on any atom is -0.497 e. The number of hydrogen-bond donors (Lipinski definition) is 0. The van der Waals surface area contributed by atoms with E-state index < -0.39 is 0 Å².